The van der Waals surface area contributed by atoms with E-state index >= 15 is 0 Å². The summed E-state index contributed by atoms with van der Waals surface area (Å²) in [6, 6.07) is 10.5. The van der Waals surface area contributed by atoms with Crippen molar-refractivity contribution in [3.63, 3.8) is 0 Å². The topological polar surface area (TPSA) is 73.7 Å². The Morgan fingerprint density at radius 1 is 1.19 bits per heavy atom. The predicted octanol–water partition coefficient (Wildman–Crippen LogP) is 4.58. The van der Waals surface area contributed by atoms with Crippen LogP contribution >= 0.6 is 0 Å². The number of rotatable bonds is 9. The summed E-state index contributed by atoms with van der Waals surface area (Å²) < 4.78 is 0. The van der Waals surface area contributed by atoms with E-state index in [1.165, 1.54) is 6.42 Å². The van der Waals surface area contributed by atoms with Crippen molar-refractivity contribution in [2.75, 3.05) is 19.6 Å². The number of likely N-dealkylation sites (tertiary alicyclic amines) is 1. The second kappa shape index (κ2) is 11.0. The molecule has 0 unspecified atom stereocenters. The molecule has 0 saturated carbocycles. The van der Waals surface area contributed by atoms with Crippen LogP contribution < -0.4 is 0 Å². The van der Waals surface area contributed by atoms with Gasteiger partial charge < -0.3 is 14.9 Å². The van der Waals surface area contributed by atoms with Crippen LogP contribution in [0.15, 0.2) is 49.2 Å². The van der Waals surface area contributed by atoms with Gasteiger partial charge in [-0.2, -0.15) is 0 Å². The van der Waals surface area contributed by atoms with E-state index in [2.05, 4.69) is 30.3 Å². The zero-order valence-corrected chi connectivity index (χ0v) is 19.0. The van der Waals surface area contributed by atoms with Crippen LogP contribution in [0.3, 0.4) is 0 Å². The van der Waals surface area contributed by atoms with E-state index in [4.69, 9.17) is 5.11 Å². The van der Waals surface area contributed by atoms with Gasteiger partial charge in [-0.3, -0.25) is 9.78 Å². The van der Waals surface area contributed by atoms with E-state index in [-0.39, 0.29) is 17.5 Å². The molecule has 32 heavy (non-hydrogen) atoms. The van der Waals surface area contributed by atoms with Gasteiger partial charge in [0.25, 0.3) is 5.91 Å². The van der Waals surface area contributed by atoms with Crippen LogP contribution in [0.25, 0.3) is 6.08 Å². The van der Waals surface area contributed by atoms with Crippen LogP contribution in [0, 0.1) is 5.92 Å². The molecule has 1 aliphatic rings. The summed E-state index contributed by atoms with van der Waals surface area (Å²) in [6.07, 6.45) is 6.39. The molecule has 6 heteroatoms. The number of carboxylic acid groups (broad SMARTS) is 1. The molecule has 0 atom stereocenters. The number of carbonyl (C=O) groups is 2. The summed E-state index contributed by atoms with van der Waals surface area (Å²) in [5.41, 5.74) is 2.44. The lowest BCUT2D eigenvalue weighted by Crippen LogP contribution is -2.47. The molecular weight excluding hydrogens is 402 g/mol. The van der Waals surface area contributed by atoms with Crippen molar-refractivity contribution in [2.45, 2.75) is 45.7 Å². The van der Waals surface area contributed by atoms with Gasteiger partial charge in [0.05, 0.1) is 5.56 Å². The number of carboxylic acids is 1. The number of hydrogen-bond donors (Lipinski definition) is 1. The quantitative estimate of drug-likeness (QED) is 0.624. The number of nitrogens with zero attached hydrogens (tertiary/aromatic N) is 3. The normalized spacial score (nSPS) is 15.0. The van der Waals surface area contributed by atoms with Gasteiger partial charge in [0.15, 0.2) is 0 Å². The highest BCUT2D eigenvalue weighted by molar-refractivity contribution is 5.92. The van der Waals surface area contributed by atoms with Gasteiger partial charge in [-0.15, -0.1) is 0 Å². The molecule has 0 bridgehead atoms. The summed E-state index contributed by atoms with van der Waals surface area (Å²) in [7, 11) is 0. The van der Waals surface area contributed by atoms with Crippen molar-refractivity contribution in [1.29, 1.82) is 0 Å². The van der Waals surface area contributed by atoms with E-state index in [9.17, 15) is 9.59 Å². The van der Waals surface area contributed by atoms with Crippen LogP contribution in [0.4, 0.5) is 0 Å². The predicted molar refractivity (Wildman–Crippen MR) is 127 cm³/mol. The van der Waals surface area contributed by atoms with Gasteiger partial charge in [0, 0.05) is 31.9 Å². The van der Waals surface area contributed by atoms with Gasteiger partial charge in [-0.25, -0.2) is 4.79 Å². The molecule has 1 aromatic carbocycles. The smallest absolute Gasteiger partial charge is 0.335 e. The monoisotopic (exact) mass is 435 g/mol. The molecule has 3 rings (SSSR count). The maximum atomic E-state index is 13.4. The molecule has 6 nitrogen and oxygen atoms in total. The van der Waals surface area contributed by atoms with Crippen LogP contribution in [-0.2, 0) is 6.54 Å². The van der Waals surface area contributed by atoms with Crippen molar-refractivity contribution in [2.24, 2.45) is 5.92 Å². The van der Waals surface area contributed by atoms with Gasteiger partial charge >= 0.3 is 5.97 Å². The number of benzene rings is 1. The molecule has 0 aliphatic carbocycles. The van der Waals surface area contributed by atoms with Crippen LogP contribution in [0.1, 0.15) is 65.1 Å². The Labute approximate surface area is 190 Å². The first kappa shape index (κ1) is 23.7. The van der Waals surface area contributed by atoms with E-state index in [1.807, 2.05) is 11.0 Å². The fourth-order valence-electron chi connectivity index (χ4n) is 4.01. The van der Waals surface area contributed by atoms with E-state index in [0.717, 1.165) is 43.6 Å². The minimum atomic E-state index is -0.954. The number of carbonyl (C=O) groups excluding carboxylic acids is 1. The Morgan fingerprint density at radius 2 is 1.88 bits per heavy atom. The van der Waals surface area contributed by atoms with E-state index < -0.39 is 5.97 Å². The number of amides is 1. The Morgan fingerprint density at radius 3 is 2.41 bits per heavy atom. The van der Waals surface area contributed by atoms with E-state index in [0.29, 0.717) is 18.2 Å². The van der Waals surface area contributed by atoms with Crippen LogP contribution in [0.2, 0.25) is 0 Å². The number of aromatic carboxylic acids is 1. The Kier molecular flexibility index (Phi) is 8.17. The number of pyridine rings is 1. The average Bonchev–Trinajstić information content (AvgIpc) is 2.81. The molecule has 2 aromatic rings. The fraction of sp³-hybridized carbons (Fsp3) is 0.423. The largest absolute Gasteiger partial charge is 0.478 e. The number of piperidine rings is 1. The molecule has 2 heterocycles. The molecule has 1 N–H and O–H groups in total. The molecule has 1 fully saturated rings. The van der Waals surface area contributed by atoms with Gasteiger partial charge in [-0.1, -0.05) is 44.7 Å². The van der Waals surface area contributed by atoms with Crippen molar-refractivity contribution in [3.8, 4) is 0 Å². The number of hydrogen-bond acceptors (Lipinski definition) is 4. The molecular formula is C26H33N3O3. The third-order valence-electron chi connectivity index (χ3n) is 6.08. The molecule has 1 amide bonds. The SMILES string of the molecule is C=Cc1ccc(C(=O)N(Cc2ccc(C(=O)O)cc2)C2CCN(CCC(C)C)CC2)nc1. The first-order chi connectivity index (χ1) is 15.4. The third kappa shape index (κ3) is 6.26. The Hall–Kier alpha value is -2.99. The van der Waals surface area contributed by atoms with Crippen molar-refractivity contribution in [1.82, 2.24) is 14.8 Å². The fourth-order valence-corrected chi connectivity index (χ4v) is 4.01. The molecule has 0 spiro atoms. The maximum absolute atomic E-state index is 13.4. The molecule has 1 aromatic heterocycles. The second-order valence-electron chi connectivity index (χ2n) is 8.87. The highest BCUT2D eigenvalue weighted by atomic mass is 16.4. The zero-order valence-electron chi connectivity index (χ0n) is 19.0. The van der Waals surface area contributed by atoms with Gasteiger partial charge in [0.2, 0.25) is 0 Å². The first-order valence-corrected chi connectivity index (χ1v) is 11.3. The summed E-state index contributed by atoms with van der Waals surface area (Å²) in [5, 5.41) is 9.16. The lowest BCUT2D eigenvalue weighted by atomic mass is 10.00. The minimum Gasteiger partial charge on any atom is -0.478 e. The highest BCUT2D eigenvalue weighted by Crippen LogP contribution is 2.22. The first-order valence-electron chi connectivity index (χ1n) is 11.3. The van der Waals surface area contributed by atoms with Crippen molar-refractivity contribution < 1.29 is 14.7 Å². The van der Waals surface area contributed by atoms with Crippen LogP contribution in [0.5, 0.6) is 0 Å². The summed E-state index contributed by atoms with van der Waals surface area (Å²) in [5.74, 6) is -0.363. The molecule has 0 radical (unpaired) electrons. The van der Waals surface area contributed by atoms with Gasteiger partial charge in [-0.05, 0) is 61.1 Å². The van der Waals surface area contributed by atoms with Crippen molar-refractivity contribution in [3.05, 3.63) is 71.6 Å². The summed E-state index contributed by atoms with van der Waals surface area (Å²) in [4.78, 5) is 33.4. The molecule has 1 aliphatic heterocycles. The van der Waals surface area contributed by atoms with Gasteiger partial charge in [0.1, 0.15) is 5.69 Å². The zero-order chi connectivity index (χ0) is 23.1. The Bertz CT molecular complexity index is 914. The standard InChI is InChI=1S/C26H33N3O3/c1-4-20-7-10-24(27-17-20)25(30)29(18-21-5-8-22(9-6-21)26(31)32)23-12-15-28(16-13-23)14-11-19(2)3/h4-10,17,19,23H,1,11-16,18H2,2-3H3,(H,31,32). The highest BCUT2D eigenvalue weighted by Gasteiger charge is 2.29. The van der Waals surface area contributed by atoms with Crippen LogP contribution in [-0.4, -0.2) is 57.4 Å². The average molecular weight is 436 g/mol. The summed E-state index contributed by atoms with van der Waals surface area (Å²) >= 11 is 0. The lowest BCUT2D eigenvalue weighted by molar-refractivity contribution is 0.0539. The van der Waals surface area contributed by atoms with Crippen molar-refractivity contribution >= 4 is 18.0 Å². The summed E-state index contributed by atoms with van der Waals surface area (Å²) in [6.45, 7) is 11.7. The minimum absolute atomic E-state index is 0.0939. The molecule has 170 valence electrons. The Balaban J connectivity index is 1.76. The maximum Gasteiger partial charge on any atom is 0.335 e. The third-order valence-corrected chi connectivity index (χ3v) is 6.08. The molecule has 1 saturated heterocycles. The second-order valence-corrected chi connectivity index (χ2v) is 8.87. The van der Waals surface area contributed by atoms with E-state index in [1.54, 1.807) is 42.6 Å². The number of aromatic nitrogens is 1. The lowest BCUT2D eigenvalue weighted by Gasteiger charge is -2.38.